The lowest BCUT2D eigenvalue weighted by Gasteiger charge is -2.27. The number of amides is 2. The van der Waals surface area contributed by atoms with Gasteiger partial charge in [-0.05, 0) is 56.5 Å². The minimum absolute atomic E-state index is 0.0982. The number of nitrogens with one attached hydrogen (secondary N) is 1. The Bertz CT molecular complexity index is 1210. The Balaban J connectivity index is 1.51. The molecule has 8 heteroatoms. The summed E-state index contributed by atoms with van der Waals surface area (Å²) in [5, 5.41) is 3.28. The Morgan fingerprint density at radius 3 is 2.38 bits per heavy atom. The number of fused-ring (bicyclic) bond motifs is 1. The van der Waals surface area contributed by atoms with Gasteiger partial charge in [-0.3, -0.25) is 18.7 Å². The van der Waals surface area contributed by atoms with E-state index in [2.05, 4.69) is 5.32 Å². The molecule has 32 heavy (non-hydrogen) atoms. The molecule has 0 atom stereocenters. The van der Waals surface area contributed by atoms with Gasteiger partial charge in [0.15, 0.2) is 0 Å². The van der Waals surface area contributed by atoms with Gasteiger partial charge < -0.3 is 10.2 Å². The average molecular weight is 455 g/mol. The van der Waals surface area contributed by atoms with Crippen molar-refractivity contribution < 1.29 is 9.59 Å². The fourth-order valence-corrected chi connectivity index (χ4v) is 4.47. The molecule has 1 aromatic heterocycles. The van der Waals surface area contributed by atoms with Crippen molar-refractivity contribution in [1.82, 2.24) is 14.0 Å². The van der Waals surface area contributed by atoms with Crippen LogP contribution in [0.1, 0.15) is 43.0 Å². The molecule has 3 aromatic rings. The number of rotatable bonds is 6. The third kappa shape index (κ3) is 4.43. The van der Waals surface area contributed by atoms with Gasteiger partial charge in [-0.25, -0.2) is 4.79 Å². The average Bonchev–Trinajstić information content (AvgIpc) is 3.08. The Labute approximate surface area is 191 Å². The summed E-state index contributed by atoms with van der Waals surface area (Å²) in [5.41, 5.74) is 2.36. The summed E-state index contributed by atoms with van der Waals surface area (Å²) in [6.07, 6.45) is 3.20. The zero-order valence-electron chi connectivity index (χ0n) is 18.1. The summed E-state index contributed by atoms with van der Waals surface area (Å²) in [5.74, 6) is -0.376. The van der Waals surface area contributed by atoms with Crippen LogP contribution in [-0.4, -0.2) is 38.9 Å². The van der Waals surface area contributed by atoms with Crippen LogP contribution in [0.15, 0.2) is 47.3 Å². The van der Waals surface area contributed by atoms with E-state index in [0.29, 0.717) is 22.8 Å². The van der Waals surface area contributed by atoms with E-state index in [9.17, 15) is 14.4 Å². The summed E-state index contributed by atoms with van der Waals surface area (Å²) in [7, 11) is 0. The van der Waals surface area contributed by atoms with Gasteiger partial charge in [-0.2, -0.15) is 0 Å². The normalized spacial score (nSPS) is 14.0. The molecule has 0 bridgehead atoms. The molecule has 0 aliphatic carbocycles. The lowest BCUT2D eigenvalue weighted by molar-refractivity contribution is -0.116. The van der Waals surface area contributed by atoms with Crippen LogP contribution >= 0.6 is 11.6 Å². The van der Waals surface area contributed by atoms with Crippen molar-refractivity contribution in [3.05, 3.63) is 63.5 Å². The number of carbonyl (C=O) groups excluding carboxylic acids is 2. The summed E-state index contributed by atoms with van der Waals surface area (Å²) in [4.78, 5) is 40.4. The van der Waals surface area contributed by atoms with E-state index in [1.54, 1.807) is 27.3 Å². The van der Waals surface area contributed by atoms with Crippen molar-refractivity contribution in [2.75, 3.05) is 18.4 Å². The molecule has 1 aliphatic rings. The third-order valence-corrected chi connectivity index (χ3v) is 6.17. The molecule has 2 aromatic carbocycles. The van der Waals surface area contributed by atoms with E-state index in [1.807, 2.05) is 36.1 Å². The lowest BCUT2D eigenvalue weighted by atomic mass is 10.1. The fourth-order valence-electron chi connectivity index (χ4n) is 4.29. The molecule has 4 rings (SSSR count). The van der Waals surface area contributed by atoms with Gasteiger partial charge in [-0.1, -0.05) is 23.7 Å². The number of hydrogen-bond acceptors (Lipinski definition) is 3. The van der Waals surface area contributed by atoms with Gasteiger partial charge in [-0.15, -0.1) is 0 Å². The number of benzene rings is 2. The number of aromatic nitrogens is 2. The molecule has 2 heterocycles. The SMILES string of the molecule is CCn1c(=O)n(CCC(=O)Nc2cc(Cl)ccc2C(=O)N2CCCCC2)c2ccccc21. The highest BCUT2D eigenvalue weighted by Crippen LogP contribution is 2.24. The number of halogens is 1. The number of piperidine rings is 1. The smallest absolute Gasteiger partial charge is 0.329 e. The lowest BCUT2D eigenvalue weighted by Crippen LogP contribution is -2.36. The van der Waals surface area contributed by atoms with E-state index in [1.165, 1.54) is 0 Å². The number of aryl methyl sites for hydroxylation is 2. The molecule has 168 valence electrons. The van der Waals surface area contributed by atoms with Crippen LogP contribution in [0.4, 0.5) is 5.69 Å². The first kappa shape index (κ1) is 22.1. The predicted molar refractivity (Wildman–Crippen MR) is 126 cm³/mol. The van der Waals surface area contributed by atoms with Crippen molar-refractivity contribution in [1.29, 1.82) is 0 Å². The summed E-state index contributed by atoms with van der Waals surface area (Å²) < 4.78 is 3.32. The molecular weight excluding hydrogens is 428 g/mol. The predicted octanol–water partition coefficient (Wildman–Crippen LogP) is 4.13. The van der Waals surface area contributed by atoms with Crippen molar-refractivity contribution in [2.24, 2.45) is 0 Å². The minimum atomic E-state index is -0.278. The van der Waals surface area contributed by atoms with Gasteiger partial charge in [0.2, 0.25) is 5.91 Å². The van der Waals surface area contributed by atoms with Crippen molar-refractivity contribution in [3.8, 4) is 0 Å². The van der Waals surface area contributed by atoms with Gasteiger partial charge >= 0.3 is 5.69 Å². The largest absolute Gasteiger partial charge is 0.339 e. The zero-order chi connectivity index (χ0) is 22.7. The molecule has 0 spiro atoms. The topological polar surface area (TPSA) is 76.3 Å². The minimum Gasteiger partial charge on any atom is -0.339 e. The van der Waals surface area contributed by atoms with E-state index >= 15 is 0 Å². The third-order valence-electron chi connectivity index (χ3n) is 5.93. The highest BCUT2D eigenvalue weighted by Gasteiger charge is 2.22. The van der Waals surface area contributed by atoms with E-state index in [0.717, 1.165) is 43.4 Å². The second-order valence-corrected chi connectivity index (χ2v) is 8.44. The molecule has 1 aliphatic heterocycles. The van der Waals surface area contributed by atoms with Crippen LogP contribution in [0.3, 0.4) is 0 Å². The number of hydrogen-bond donors (Lipinski definition) is 1. The number of likely N-dealkylation sites (tertiary alicyclic amines) is 1. The number of anilines is 1. The molecule has 0 saturated carbocycles. The van der Waals surface area contributed by atoms with Crippen molar-refractivity contribution in [3.63, 3.8) is 0 Å². The van der Waals surface area contributed by atoms with Crippen LogP contribution in [0.25, 0.3) is 11.0 Å². The van der Waals surface area contributed by atoms with E-state index < -0.39 is 0 Å². The quantitative estimate of drug-likeness (QED) is 0.608. The number of para-hydroxylation sites is 2. The molecular formula is C24H27ClN4O3. The summed E-state index contributed by atoms with van der Waals surface area (Å²) in [6, 6.07) is 12.5. The first-order valence-electron chi connectivity index (χ1n) is 11.1. The number of imidazole rings is 1. The Hall–Kier alpha value is -3.06. The van der Waals surface area contributed by atoms with E-state index in [4.69, 9.17) is 11.6 Å². The zero-order valence-corrected chi connectivity index (χ0v) is 18.9. The number of nitrogens with zero attached hydrogens (tertiary/aromatic N) is 3. The summed E-state index contributed by atoms with van der Waals surface area (Å²) >= 11 is 6.14. The molecule has 0 radical (unpaired) electrons. The van der Waals surface area contributed by atoms with Crippen LogP contribution in [0.2, 0.25) is 5.02 Å². The monoisotopic (exact) mass is 454 g/mol. The molecule has 0 unspecified atom stereocenters. The molecule has 2 amide bonds. The molecule has 7 nitrogen and oxygen atoms in total. The van der Waals surface area contributed by atoms with Crippen LogP contribution in [-0.2, 0) is 17.9 Å². The Morgan fingerprint density at radius 1 is 1.00 bits per heavy atom. The Kier molecular flexibility index (Phi) is 6.65. The van der Waals surface area contributed by atoms with Gasteiger partial charge in [0.1, 0.15) is 0 Å². The maximum atomic E-state index is 13.0. The standard InChI is InChI=1S/C24H27ClN4O3/c1-2-28-20-8-4-5-9-21(20)29(24(28)32)15-12-22(30)26-19-16-17(25)10-11-18(19)23(31)27-13-6-3-7-14-27/h4-5,8-11,16H,2-3,6-7,12-15H2,1H3,(H,26,30). The van der Waals surface area contributed by atoms with Crippen LogP contribution < -0.4 is 11.0 Å². The molecule has 1 N–H and O–H groups in total. The molecule has 1 fully saturated rings. The van der Waals surface area contributed by atoms with Crippen LogP contribution in [0, 0.1) is 0 Å². The van der Waals surface area contributed by atoms with Gasteiger partial charge in [0, 0.05) is 37.6 Å². The molecule has 1 saturated heterocycles. The first-order chi connectivity index (χ1) is 15.5. The Morgan fingerprint density at radius 2 is 1.69 bits per heavy atom. The second kappa shape index (κ2) is 9.61. The van der Waals surface area contributed by atoms with Gasteiger partial charge in [0.05, 0.1) is 22.3 Å². The van der Waals surface area contributed by atoms with Gasteiger partial charge in [0.25, 0.3) is 5.91 Å². The fraction of sp³-hybridized carbons (Fsp3) is 0.375. The highest BCUT2D eigenvalue weighted by atomic mass is 35.5. The van der Waals surface area contributed by atoms with Crippen molar-refractivity contribution in [2.45, 2.75) is 45.7 Å². The summed E-state index contributed by atoms with van der Waals surface area (Å²) in [6.45, 7) is 4.17. The van der Waals surface area contributed by atoms with E-state index in [-0.39, 0.29) is 30.5 Å². The van der Waals surface area contributed by atoms with Crippen molar-refractivity contribution >= 4 is 40.1 Å². The van der Waals surface area contributed by atoms with Crippen LogP contribution in [0.5, 0.6) is 0 Å². The maximum Gasteiger partial charge on any atom is 0.329 e. The first-order valence-corrected chi connectivity index (χ1v) is 11.4. The second-order valence-electron chi connectivity index (χ2n) is 8.01. The highest BCUT2D eigenvalue weighted by molar-refractivity contribution is 6.31. The number of carbonyl (C=O) groups is 2. The maximum absolute atomic E-state index is 13.0.